The van der Waals surface area contributed by atoms with Gasteiger partial charge in [0.05, 0.1) is 4.90 Å². The molecule has 0 spiro atoms. The molecule has 142 valence electrons. The molecule has 0 aromatic heterocycles. The second-order valence-corrected chi connectivity index (χ2v) is 8.59. The van der Waals surface area contributed by atoms with E-state index in [4.69, 9.17) is 16.3 Å². The van der Waals surface area contributed by atoms with Crippen molar-refractivity contribution in [1.82, 2.24) is 4.72 Å². The number of carbonyl (C=O) groups is 1. The number of fused-ring (bicyclic) bond motifs is 1. The lowest BCUT2D eigenvalue weighted by atomic mass is 10.1. The minimum Gasteiger partial charge on any atom is -0.459 e. The van der Waals surface area contributed by atoms with Crippen LogP contribution in [0.25, 0.3) is 0 Å². The molecule has 0 radical (unpaired) electrons. The summed E-state index contributed by atoms with van der Waals surface area (Å²) in [6, 6.07) is 12.7. The summed E-state index contributed by atoms with van der Waals surface area (Å²) in [5, 5.41) is 0.557. The zero-order valence-electron chi connectivity index (χ0n) is 14.8. The fraction of sp³-hybridized carbons (Fsp3) is 0.263. The van der Waals surface area contributed by atoms with E-state index in [-0.39, 0.29) is 23.3 Å². The van der Waals surface area contributed by atoms with Crippen molar-refractivity contribution in [2.45, 2.75) is 31.4 Å². The Morgan fingerprint density at radius 1 is 1.19 bits per heavy atom. The van der Waals surface area contributed by atoms with Crippen molar-refractivity contribution < 1.29 is 17.9 Å². The van der Waals surface area contributed by atoms with E-state index < -0.39 is 22.0 Å². The van der Waals surface area contributed by atoms with Crippen LogP contribution in [0.3, 0.4) is 0 Å². The molecule has 0 fully saturated rings. The van der Waals surface area contributed by atoms with E-state index in [0.29, 0.717) is 10.6 Å². The number of hydrogen-bond donors (Lipinski definition) is 1. The molecule has 1 aliphatic rings. The Bertz CT molecular complexity index is 1000. The highest BCUT2D eigenvalue weighted by atomic mass is 35.5. The summed E-state index contributed by atoms with van der Waals surface area (Å²) >= 11 is 5.93. The number of nitrogens with zero attached hydrogens (tertiary/aromatic N) is 1. The van der Waals surface area contributed by atoms with Crippen LogP contribution < -0.4 is 4.72 Å². The van der Waals surface area contributed by atoms with Crippen molar-refractivity contribution in [3.63, 3.8) is 0 Å². The van der Waals surface area contributed by atoms with E-state index in [9.17, 15) is 13.2 Å². The molecule has 0 saturated heterocycles. The number of nitrogens with one attached hydrogen (secondary N) is 1. The summed E-state index contributed by atoms with van der Waals surface area (Å²) in [4.78, 5) is 17.1. The molecular formula is C19H19ClN2O4S. The van der Waals surface area contributed by atoms with Crippen molar-refractivity contribution in [2.75, 3.05) is 0 Å². The van der Waals surface area contributed by atoms with Gasteiger partial charge < -0.3 is 4.74 Å². The second kappa shape index (κ2) is 7.70. The Morgan fingerprint density at radius 2 is 1.93 bits per heavy atom. The molecule has 1 heterocycles. The van der Waals surface area contributed by atoms with Gasteiger partial charge in [0.15, 0.2) is 6.04 Å². The second-order valence-electron chi connectivity index (χ2n) is 6.51. The Kier molecular flexibility index (Phi) is 5.53. The maximum Gasteiger partial charge on any atom is 0.331 e. The first kappa shape index (κ1) is 19.4. The molecule has 0 bridgehead atoms. The van der Waals surface area contributed by atoms with Gasteiger partial charge in [0.25, 0.3) is 10.0 Å². The smallest absolute Gasteiger partial charge is 0.331 e. The van der Waals surface area contributed by atoms with Crippen LogP contribution in [0.1, 0.15) is 25.0 Å². The monoisotopic (exact) mass is 406 g/mol. The van der Waals surface area contributed by atoms with Crippen LogP contribution in [-0.2, 0) is 26.2 Å². The van der Waals surface area contributed by atoms with Crippen LogP contribution in [-0.4, -0.2) is 26.3 Å². The number of benzene rings is 2. The van der Waals surface area contributed by atoms with Gasteiger partial charge in [-0.2, -0.15) is 0 Å². The number of hydrogen-bond acceptors (Lipinski definition) is 5. The number of ether oxygens (including phenoxy) is 1. The standard InChI is InChI=1S/C19H19ClN2O4S/c1-12(2)17(19(23)26-11-13-6-5-7-14(20)10-13)21-18-15-8-3-4-9-16(15)27(24,25)22-18/h3-10,12,17H,11H2,1-2H3,(H,21,22)/t17-/m0/s1. The highest BCUT2D eigenvalue weighted by Gasteiger charge is 2.33. The number of aliphatic imine (C=N–C) groups is 1. The lowest BCUT2D eigenvalue weighted by Crippen LogP contribution is -2.31. The number of halogens is 1. The number of carbonyl (C=O) groups excluding carboxylic acids is 1. The van der Waals surface area contributed by atoms with Gasteiger partial charge in [-0.15, -0.1) is 0 Å². The van der Waals surface area contributed by atoms with Gasteiger partial charge in [0.1, 0.15) is 12.4 Å². The van der Waals surface area contributed by atoms with E-state index in [1.807, 2.05) is 13.8 Å². The topological polar surface area (TPSA) is 84.8 Å². The third-order valence-electron chi connectivity index (χ3n) is 4.07. The third kappa shape index (κ3) is 4.31. The Labute approximate surface area is 163 Å². The first-order valence-corrected chi connectivity index (χ1v) is 10.2. The molecule has 27 heavy (non-hydrogen) atoms. The van der Waals surface area contributed by atoms with Gasteiger partial charge >= 0.3 is 5.97 Å². The maximum absolute atomic E-state index is 12.6. The molecule has 2 aromatic rings. The number of rotatable bonds is 5. The van der Waals surface area contributed by atoms with E-state index in [1.165, 1.54) is 6.07 Å². The van der Waals surface area contributed by atoms with Crippen LogP contribution in [0, 0.1) is 5.92 Å². The Hall–Kier alpha value is -2.38. The molecule has 0 aliphatic carbocycles. The highest BCUT2D eigenvalue weighted by Crippen LogP contribution is 2.24. The average Bonchev–Trinajstić information content (AvgIpc) is 2.88. The van der Waals surface area contributed by atoms with Crippen LogP contribution in [0.15, 0.2) is 58.4 Å². The lowest BCUT2D eigenvalue weighted by molar-refractivity contribution is -0.147. The summed E-state index contributed by atoms with van der Waals surface area (Å²) in [6.07, 6.45) is 0. The summed E-state index contributed by atoms with van der Waals surface area (Å²) < 4.78 is 32.2. The Balaban J connectivity index is 1.82. The zero-order valence-corrected chi connectivity index (χ0v) is 16.4. The number of sulfonamides is 1. The van der Waals surface area contributed by atoms with Crippen molar-refractivity contribution in [3.05, 3.63) is 64.7 Å². The normalized spacial score (nSPS) is 17.4. The molecule has 2 aromatic carbocycles. The van der Waals surface area contributed by atoms with Gasteiger partial charge in [-0.05, 0) is 35.7 Å². The van der Waals surface area contributed by atoms with E-state index in [0.717, 1.165) is 5.56 Å². The first-order chi connectivity index (χ1) is 12.8. The summed E-state index contributed by atoms with van der Waals surface area (Å²) in [6.45, 7) is 3.71. The summed E-state index contributed by atoms with van der Waals surface area (Å²) in [7, 11) is -3.66. The van der Waals surface area contributed by atoms with Crippen molar-refractivity contribution in [2.24, 2.45) is 10.9 Å². The molecule has 6 nitrogen and oxygen atoms in total. The van der Waals surface area contributed by atoms with Crippen LogP contribution in [0.5, 0.6) is 0 Å². The molecule has 0 unspecified atom stereocenters. The first-order valence-electron chi connectivity index (χ1n) is 8.39. The van der Waals surface area contributed by atoms with E-state index >= 15 is 0 Å². The fourth-order valence-corrected chi connectivity index (χ4v) is 4.16. The van der Waals surface area contributed by atoms with Crippen molar-refractivity contribution in [3.8, 4) is 0 Å². The van der Waals surface area contributed by atoms with E-state index in [2.05, 4.69) is 9.71 Å². The van der Waals surface area contributed by atoms with Gasteiger partial charge in [-0.1, -0.05) is 49.7 Å². The molecule has 1 atom stereocenters. The van der Waals surface area contributed by atoms with Gasteiger partial charge in [-0.25, -0.2) is 13.2 Å². The van der Waals surface area contributed by atoms with Crippen LogP contribution in [0.2, 0.25) is 5.02 Å². The molecular weight excluding hydrogens is 388 g/mol. The largest absolute Gasteiger partial charge is 0.459 e. The Morgan fingerprint density at radius 3 is 2.63 bits per heavy atom. The quantitative estimate of drug-likeness (QED) is 0.773. The van der Waals surface area contributed by atoms with Gasteiger partial charge in [-0.3, -0.25) is 9.71 Å². The van der Waals surface area contributed by atoms with Crippen molar-refractivity contribution >= 4 is 33.4 Å². The van der Waals surface area contributed by atoms with Gasteiger partial charge in [0, 0.05) is 10.6 Å². The molecule has 0 amide bonds. The number of amidine groups is 1. The van der Waals surface area contributed by atoms with E-state index in [1.54, 1.807) is 42.5 Å². The zero-order chi connectivity index (χ0) is 19.6. The minimum absolute atomic E-state index is 0.0653. The average molecular weight is 407 g/mol. The van der Waals surface area contributed by atoms with Crippen LogP contribution >= 0.6 is 11.6 Å². The molecule has 1 aliphatic heterocycles. The summed E-state index contributed by atoms with van der Waals surface area (Å²) in [5.41, 5.74) is 1.21. The maximum atomic E-state index is 12.6. The lowest BCUT2D eigenvalue weighted by Gasteiger charge is -2.16. The molecule has 0 saturated carbocycles. The minimum atomic E-state index is -3.66. The SMILES string of the molecule is CC(C)[C@H](N=C1NS(=O)(=O)c2ccccc21)C(=O)OCc1cccc(Cl)c1. The molecule has 1 N–H and O–H groups in total. The summed E-state index contributed by atoms with van der Waals surface area (Å²) in [5.74, 6) is -0.549. The van der Waals surface area contributed by atoms with Crippen molar-refractivity contribution in [1.29, 1.82) is 0 Å². The highest BCUT2D eigenvalue weighted by molar-refractivity contribution is 7.90. The predicted molar refractivity (Wildman–Crippen MR) is 103 cm³/mol. The number of esters is 1. The molecule has 8 heteroatoms. The molecule has 3 rings (SSSR count). The van der Waals surface area contributed by atoms with Crippen LogP contribution in [0.4, 0.5) is 0 Å². The predicted octanol–water partition coefficient (Wildman–Crippen LogP) is 3.15. The fourth-order valence-electron chi connectivity index (χ4n) is 2.71. The van der Waals surface area contributed by atoms with Gasteiger partial charge in [0.2, 0.25) is 0 Å². The third-order valence-corrected chi connectivity index (χ3v) is 5.71.